The lowest BCUT2D eigenvalue weighted by Gasteiger charge is -2.09. The molecule has 1 heterocycles. The third kappa shape index (κ3) is 4.27. The van der Waals surface area contributed by atoms with Crippen molar-refractivity contribution in [2.24, 2.45) is 0 Å². The topological polar surface area (TPSA) is 66.7 Å². The molecular formula is C28H26N4. The second-order valence-corrected chi connectivity index (χ2v) is 8.18. The van der Waals surface area contributed by atoms with Crippen molar-refractivity contribution in [1.29, 1.82) is 0 Å². The highest BCUT2D eigenvalue weighted by atomic mass is 14.9. The molecule has 0 unspecified atom stereocenters. The maximum absolute atomic E-state index is 5.87. The summed E-state index contributed by atoms with van der Waals surface area (Å²) in [7, 11) is 0. The zero-order valence-electron chi connectivity index (χ0n) is 18.1. The van der Waals surface area contributed by atoms with Crippen molar-refractivity contribution in [3.63, 3.8) is 0 Å². The van der Waals surface area contributed by atoms with Gasteiger partial charge in [-0.05, 0) is 59.0 Å². The van der Waals surface area contributed by atoms with Crippen LogP contribution in [0.25, 0.3) is 33.5 Å². The van der Waals surface area contributed by atoms with Crippen LogP contribution in [0.5, 0.6) is 0 Å². The van der Waals surface area contributed by atoms with Crippen molar-refractivity contribution >= 4 is 16.7 Å². The maximum Gasteiger partial charge on any atom is 0.138 e. The Bertz CT molecular complexity index is 1370. The Morgan fingerprint density at radius 2 is 1.44 bits per heavy atom. The number of nitrogen functional groups attached to an aromatic ring is 1. The molecule has 1 aromatic heterocycles. The molecule has 0 aliphatic heterocycles. The fraction of sp³-hybridized carbons (Fsp3) is 0.107. The third-order valence-electron chi connectivity index (χ3n) is 5.74. The van der Waals surface area contributed by atoms with E-state index in [9.17, 15) is 0 Å². The molecule has 0 spiro atoms. The van der Waals surface area contributed by atoms with Gasteiger partial charge in [0.2, 0.25) is 0 Å². The molecule has 158 valence electrons. The zero-order valence-corrected chi connectivity index (χ0v) is 18.1. The number of aryl methyl sites for hydroxylation is 1. The predicted molar refractivity (Wildman–Crippen MR) is 133 cm³/mol. The highest BCUT2D eigenvalue weighted by Gasteiger charge is 2.08. The molecule has 0 atom stereocenters. The second-order valence-electron chi connectivity index (χ2n) is 8.18. The van der Waals surface area contributed by atoms with Gasteiger partial charge >= 0.3 is 0 Å². The number of nitrogens with one attached hydrogen (secondary N) is 2. The van der Waals surface area contributed by atoms with Crippen LogP contribution in [0.4, 0.5) is 5.69 Å². The largest absolute Gasteiger partial charge is 0.399 e. The van der Waals surface area contributed by atoms with Crippen LogP contribution in [-0.4, -0.2) is 9.97 Å². The lowest BCUT2D eigenvalue weighted by atomic mass is 10.0. The summed E-state index contributed by atoms with van der Waals surface area (Å²) in [5, 5.41) is 3.50. The molecule has 0 saturated heterocycles. The van der Waals surface area contributed by atoms with Gasteiger partial charge in [0.1, 0.15) is 5.82 Å². The molecule has 0 radical (unpaired) electrons. The van der Waals surface area contributed by atoms with Crippen LogP contribution in [0, 0.1) is 6.92 Å². The van der Waals surface area contributed by atoms with Crippen LogP contribution >= 0.6 is 0 Å². The van der Waals surface area contributed by atoms with Gasteiger partial charge in [0.05, 0.1) is 11.0 Å². The number of hydrogen-bond acceptors (Lipinski definition) is 3. The summed E-state index contributed by atoms with van der Waals surface area (Å²) in [5.41, 5.74) is 15.9. The first-order valence-corrected chi connectivity index (χ1v) is 10.9. The quantitative estimate of drug-likeness (QED) is 0.293. The minimum atomic E-state index is 0.793. The predicted octanol–water partition coefficient (Wildman–Crippen LogP) is 6.08. The van der Waals surface area contributed by atoms with E-state index in [-0.39, 0.29) is 0 Å². The molecule has 0 fully saturated rings. The van der Waals surface area contributed by atoms with Gasteiger partial charge in [0.25, 0.3) is 0 Å². The molecule has 0 saturated carbocycles. The van der Waals surface area contributed by atoms with Crippen LogP contribution in [-0.2, 0) is 13.1 Å². The van der Waals surface area contributed by atoms with Crippen LogP contribution in [0.15, 0.2) is 91.0 Å². The molecule has 0 aliphatic carbocycles. The monoisotopic (exact) mass is 418 g/mol. The Labute approximate surface area is 188 Å². The average Bonchev–Trinajstić information content (AvgIpc) is 3.25. The minimum Gasteiger partial charge on any atom is -0.399 e. The zero-order chi connectivity index (χ0) is 21.9. The number of aromatic amines is 1. The number of benzene rings is 4. The Hall–Kier alpha value is -3.89. The second kappa shape index (κ2) is 8.69. The summed E-state index contributed by atoms with van der Waals surface area (Å²) in [6, 6.07) is 31.5. The molecule has 5 rings (SSSR count). The molecule has 4 heteroatoms. The van der Waals surface area contributed by atoms with Gasteiger partial charge in [-0.3, -0.25) is 0 Å². The lowest BCUT2D eigenvalue weighted by molar-refractivity contribution is 0.694. The smallest absolute Gasteiger partial charge is 0.138 e. The van der Waals surface area contributed by atoms with Gasteiger partial charge < -0.3 is 16.0 Å². The molecule has 0 amide bonds. The fourth-order valence-electron chi connectivity index (χ4n) is 4.05. The number of imidazole rings is 1. The average molecular weight is 419 g/mol. The Kier molecular flexibility index (Phi) is 5.44. The number of para-hydroxylation sites is 1. The van der Waals surface area contributed by atoms with Crippen molar-refractivity contribution in [2.75, 3.05) is 5.73 Å². The number of aromatic nitrogens is 2. The van der Waals surface area contributed by atoms with E-state index in [2.05, 4.69) is 90.0 Å². The van der Waals surface area contributed by atoms with Gasteiger partial charge in [0, 0.05) is 24.3 Å². The molecular weight excluding hydrogens is 392 g/mol. The summed E-state index contributed by atoms with van der Waals surface area (Å²) in [6.07, 6.45) is 0. The van der Waals surface area contributed by atoms with Crippen LogP contribution < -0.4 is 11.1 Å². The molecule has 4 N–H and O–H groups in total. The standard InChI is InChI=1S/C28H26N4/c1-19-5-2-10-26-27(19)32-28(31-26)23-13-11-22(12-14-23)24-8-3-6-20(15-24)17-30-18-21-7-4-9-25(29)16-21/h2-16,30H,17-18,29H2,1H3,(H,31,32). The lowest BCUT2D eigenvalue weighted by Crippen LogP contribution is -2.12. The van der Waals surface area contributed by atoms with Crippen molar-refractivity contribution in [3.8, 4) is 22.5 Å². The van der Waals surface area contributed by atoms with E-state index < -0.39 is 0 Å². The Morgan fingerprint density at radius 1 is 0.750 bits per heavy atom. The van der Waals surface area contributed by atoms with Gasteiger partial charge in [-0.2, -0.15) is 0 Å². The maximum atomic E-state index is 5.87. The summed E-state index contributed by atoms with van der Waals surface area (Å²) >= 11 is 0. The summed E-state index contributed by atoms with van der Waals surface area (Å²) < 4.78 is 0. The first kappa shape index (κ1) is 20.0. The molecule has 0 bridgehead atoms. The molecule has 32 heavy (non-hydrogen) atoms. The fourth-order valence-corrected chi connectivity index (χ4v) is 4.05. The number of nitrogens with zero attached hydrogens (tertiary/aromatic N) is 1. The first-order chi connectivity index (χ1) is 15.7. The normalized spacial score (nSPS) is 11.2. The van der Waals surface area contributed by atoms with Gasteiger partial charge in [-0.15, -0.1) is 0 Å². The number of anilines is 1. The molecule has 0 aliphatic rings. The van der Waals surface area contributed by atoms with E-state index in [1.54, 1.807) is 0 Å². The van der Waals surface area contributed by atoms with Crippen molar-refractivity contribution in [2.45, 2.75) is 20.0 Å². The van der Waals surface area contributed by atoms with E-state index in [1.165, 1.54) is 27.8 Å². The molecule has 4 nitrogen and oxygen atoms in total. The van der Waals surface area contributed by atoms with Crippen molar-refractivity contribution in [3.05, 3.63) is 108 Å². The highest BCUT2D eigenvalue weighted by molar-refractivity contribution is 5.82. The Balaban J connectivity index is 1.30. The van der Waals surface area contributed by atoms with Crippen molar-refractivity contribution in [1.82, 2.24) is 15.3 Å². The number of H-pyrrole nitrogens is 1. The van der Waals surface area contributed by atoms with E-state index in [0.29, 0.717) is 0 Å². The van der Waals surface area contributed by atoms with Crippen LogP contribution in [0.2, 0.25) is 0 Å². The van der Waals surface area contributed by atoms with Crippen LogP contribution in [0.1, 0.15) is 16.7 Å². The highest BCUT2D eigenvalue weighted by Crippen LogP contribution is 2.26. The van der Waals surface area contributed by atoms with Crippen LogP contribution in [0.3, 0.4) is 0 Å². The summed E-state index contributed by atoms with van der Waals surface area (Å²) in [5.74, 6) is 0.903. The van der Waals surface area contributed by atoms with E-state index in [0.717, 1.165) is 41.2 Å². The van der Waals surface area contributed by atoms with E-state index in [4.69, 9.17) is 10.7 Å². The molecule has 4 aromatic carbocycles. The molecule has 5 aromatic rings. The van der Waals surface area contributed by atoms with Gasteiger partial charge in [-0.1, -0.05) is 66.7 Å². The summed E-state index contributed by atoms with van der Waals surface area (Å²) in [4.78, 5) is 8.23. The van der Waals surface area contributed by atoms with E-state index >= 15 is 0 Å². The number of hydrogen-bond donors (Lipinski definition) is 3. The van der Waals surface area contributed by atoms with Gasteiger partial charge in [0.15, 0.2) is 0 Å². The third-order valence-corrected chi connectivity index (χ3v) is 5.74. The summed E-state index contributed by atoms with van der Waals surface area (Å²) in [6.45, 7) is 3.69. The Morgan fingerprint density at radius 3 is 2.19 bits per heavy atom. The number of fused-ring (bicyclic) bond motifs is 1. The SMILES string of the molecule is Cc1cccc2[nH]c(-c3ccc(-c4cccc(CNCc5cccc(N)c5)c4)cc3)nc12. The number of rotatable bonds is 6. The van der Waals surface area contributed by atoms with E-state index in [1.807, 2.05) is 18.2 Å². The minimum absolute atomic E-state index is 0.793. The number of nitrogens with two attached hydrogens (primary N) is 1. The van der Waals surface area contributed by atoms with Crippen molar-refractivity contribution < 1.29 is 0 Å². The van der Waals surface area contributed by atoms with Gasteiger partial charge in [-0.25, -0.2) is 4.98 Å². The first-order valence-electron chi connectivity index (χ1n) is 10.9.